The summed E-state index contributed by atoms with van der Waals surface area (Å²) in [7, 11) is 0. The van der Waals surface area contributed by atoms with E-state index in [-0.39, 0.29) is 30.4 Å². The first-order valence-corrected chi connectivity index (χ1v) is 11.2. The van der Waals surface area contributed by atoms with Gasteiger partial charge in [-0.15, -0.1) is 11.3 Å². The molecule has 0 aromatic carbocycles. The second-order valence-corrected chi connectivity index (χ2v) is 9.20. The lowest BCUT2D eigenvalue weighted by molar-refractivity contribution is -0.143. The van der Waals surface area contributed by atoms with Crippen molar-refractivity contribution in [2.75, 3.05) is 0 Å². The standard InChI is InChI=1S/C20H23N3O3S2/c1-11(2)26-19(25)17-12(3)21-20-23(18(17)15-5-4-8-27-15)14(10-28-20)9-16(24)22-13-6-7-13/h4-5,8,10-11,13,18H,6-7,9H2,1-3H3,(H,22,24). The lowest BCUT2D eigenvalue weighted by atomic mass is 9.99. The summed E-state index contributed by atoms with van der Waals surface area (Å²) in [6.45, 7) is 5.52. The third kappa shape index (κ3) is 3.89. The Labute approximate surface area is 172 Å². The normalized spacial score (nSPS) is 21.4. The Morgan fingerprint density at radius 2 is 2.18 bits per heavy atom. The topological polar surface area (TPSA) is 71.0 Å². The van der Waals surface area contributed by atoms with Crippen molar-refractivity contribution < 1.29 is 14.3 Å². The molecule has 1 aromatic rings. The molecule has 1 fully saturated rings. The molecule has 1 unspecified atom stereocenters. The van der Waals surface area contributed by atoms with Crippen LogP contribution in [0.2, 0.25) is 0 Å². The molecule has 1 aliphatic carbocycles. The van der Waals surface area contributed by atoms with E-state index in [1.165, 1.54) is 11.8 Å². The van der Waals surface area contributed by atoms with Gasteiger partial charge in [-0.1, -0.05) is 17.8 Å². The summed E-state index contributed by atoms with van der Waals surface area (Å²) < 4.78 is 5.52. The maximum absolute atomic E-state index is 12.9. The summed E-state index contributed by atoms with van der Waals surface area (Å²) in [4.78, 5) is 33.0. The highest BCUT2D eigenvalue weighted by atomic mass is 32.2. The number of rotatable bonds is 6. The number of carbonyl (C=O) groups excluding carboxylic acids is 2. The number of allylic oxidation sites excluding steroid dienone is 1. The van der Waals surface area contributed by atoms with Gasteiger partial charge in [0.25, 0.3) is 0 Å². The third-order valence-electron chi connectivity index (χ3n) is 4.66. The van der Waals surface area contributed by atoms with Gasteiger partial charge in [-0.05, 0) is 50.5 Å². The lowest BCUT2D eigenvalue weighted by Gasteiger charge is -2.35. The zero-order chi connectivity index (χ0) is 19.8. The number of nitrogens with zero attached hydrogens (tertiary/aromatic N) is 2. The molecule has 6 nitrogen and oxygen atoms in total. The number of hydrogen-bond donors (Lipinski definition) is 1. The van der Waals surface area contributed by atoms with Crippen LogP contribution in [-0.2, 0) is 14.3 Å². The summed E-state index contributed by atoms with van der Waals surface area (Å²) in [5.74, 6) is -0.342. The molecule has 3 aliphatic rings. The highest BCUT2D eigenvalue weighted by Crippen LogP contribution is 2.46. The monoisotopic (exact) mass is 417 g/mol. The number of ether oxygens (including phenoxy) is 1. The van der Waals surface area contributed by atoms with Gasteiger partial charge in [-0.2, -0.15) is 0 Å². The fourth-order valence-electron chi connectivity index (χ4n) is 3.30. The van der Waals surface area contributed by atoms with Gasteiger partial charge in [0.1, 0.15) is 6.04 Å². The van der Waals surface area contributed by atoms with E-state index < -0.39 is 0 Å². The largest absolute Gasteiger partial charge is 0.459 e. The van der Waals surface area contributed by atoms with Gasteiger partial charge in [0.2, 0.25) is 5.91 Å². The predicted octanol–water partition coefficient (Wildman–Crippen LogP) is 3.94. The SMILES string of the molecule is CC1=C(C(=O)OC(C)C)C(c2cccs2)N2C(CC(=O)NC3CC3)=CSC2=N1. The van der Waals surface area contributed by atoms with Crippen LogP contribution in [0.4, 0.5) is 0 Å². The van der Waals surface area contributed by atoms with Crippen LogP contribution in [-0.4, -0.2) is 34.1 Å². The molecule has 8 heteroatoms. The Hall–Kier alpha value is -2.06. The molecule has 1 aromatic heterocycles. The summed E-state index contributed by atoms with van der Waals surface area (Å²) in [6, 6.07) is 3.98. The second-order valence-electron chi connectivity index (χ2n) is 7.38. The first-order chi connectivity index (χ1) is 13.4. The molecule has 3 heterocycles. The number of hydrogen-bond acceptors (Lipinski definition) is 7. The highest BCUT2D eigenvalue weighted by molar-refractivity contribution is 8.16. The lowest BCUT2D eigenvalue weighted by Crippen LogP contribution is -2.38. The molecule has 1 N–H and O–H groups in total. The van der Waals surface area contributed by atoms with E-state index in [1.54, 1.807) is 11.3 Å². The van der Waals surface area contributed by atoms with E-state index in [9.17, 15) is 9.59 Å². The van der Waals surface area contributed by atoms with Crippen LogP contribution in [0.1, 0.15) is 51.0 Å². The van der Waals surface area contributed by atoms with E-state index >= 15 is 0 Å². The molecular weight excluding hydrogens is 394 g/mol. The van der Waals surface area contributed by atoms with Crippen LogP contribution in [0, 0.1) is 0 Å². The number of esters is 1. The minimum atomic E-state index is -0.354. The van der Waals surface area contributed by atoms with Crippen molar-refractivity contribution in [2.24, 2.45) is 4.99 Å². The molecule has 4 rings (SSSR count). The average molecular weight is 418 g/mol. The third-order valence-corrected chi connectivity index (χ3v) is 6.47. The number of amides is 1. The summed E-state index contributed by atoms with van der Waals surface area (Å²) in [5.41, 5.74) is 2.07. The van der Waals surface area contributed by atoms with Crippen molar-refractivity contribution in [3.05, 3.63) is 44.8 Å². The van der Waals surface area contributed by atoms with Crippen molar-refractivity contribution in [2.45, 2.75) is 58.2 Å². The van der Waals surface area contributed by atoms with Crippen LogP contribution in [0.25, 0.3) is 0 Å². The van der Waals surface area contributed by atoms with Gasteiger partial charge >= 0.3 is 5.97 Å². The van der Waals surface area contributed by atoms with Crippen LogP contribution < -0.4 is 5.32 Å². The molecule has 1 atom stereocenters. The molecular formula is C20H23N3O3S2. The molecule has 0 radical (unpaired) electrons. The molecule has 148 valence electrons. The Morgan fingerprint density at radius 1 is 1.39 bits per heavy atom. The van der Waals surface area contributed by atoms with Crippen LogP contribution >= 0.6 is 23.1 Å². The van der Waals surface area contributed by atoms with Gasteiger partial charge in [0.05, 0.1) is 23.8 Å². The van der Waals surface area contributed by atoms with E-state index in [0.717, 1.165) is 28.6 Å². The van der Waals surface area contributed by atoms with E-state index in [4.69, 9.17) is 4.74 Å². The zero-order valence-electron chi connectivity index (χ0n) is 16.1. The number of aliphatic imine (C=N–C) groups is 1. The number of carbonyl (C=O) groups is 2. The number of fused-ring (bicyclic) bond motifs is 1. The zero-order valence-corrected chi connectivity index (χ0v) is 17.7. The van der Waals surface area contributed by atoms with Crippen LogP contribution in [0.5, 0.6) is 0 Å². The minimum absolute atomic E-state index is 0.0121. The van der Waals surface area contributed by atoms with Crippen molar-refractivity contribution in [3.63, 3.8) is 0 Å². The number of thiophene rings is 1. The second kappa shape index (κ2) is 7.75. The number of thioether (sulfide) groups is 1. The van der Waals surface area contributed by atoms with E-state index in [1.807, 2.05) is 48.6 Å². The van der Waals surface area contributed by atoms with E-state index in [0.29, 0.717) is 17.3 Å². The van der Waals surface area contributed by atoms with Crippen molar-refractivity contribution in [1.29, 1.82) is 0 Å². The van der Waals surface area contributed by atoms with Gasteiger partial charge in [-0.25, -0.2) is 9.79 Å². The van der Waals surface area contributed by atoms with Gasteiger partial charge in [-0.3, -0.25) is 4.79 Å². The molecule has 1 amide bonds. The fraction of sp³-hybridized carbons (Fsp3) is 0.450. The molecule has 28 heavy (non-hydrogen) atoms. The van der Waals surface area contributed by atoms with Crippen molar-refractivity contribution in [1.82, 2.24) is 10.2 Å². The summed E-state index contributed by atoms with van der Waals surface area (Å²) >= 11 is 3.08. The molecule has 0 bridgehead atoms. The Kier molecular flexibility index (Phi) is 5.33. The van der Waals surface area contributed by atoms with Crippen LogP contribution in [0.3, 0.4) is 0 Å². The van der Waals surface area contributed by atoms with Gasteiger partial charge < -0.3 is 15.0 Å². The quantitative estimate of drug-likeness (QED) is 0.710. The van der Waals surface area contributed by atoms with Crippen molar-refractivity contribution >= 4 is 40.1 Å². The molecule has 0 saturated heterocycles. The fourth-order valence-corrected chi connectivity index (χ4v) is 5.08. The van der Waals surface area contributed by atoms with E-state index in [2.05, 4.69) is 10.3 Å². The van der Waals surface area contributed by atoms with Crippen molar-refractivity contribution in [3.8, 4) is 0 Å². The van der Waals surface area contributed by atoms with Gasteiger partial charge in [0.15, 0.2) is 5.17 Å². The summed E-state index contributed by atoms with van der Waals surface area (Å²) in [5, 5.41) is 7.80. The van der Waals surface area contributed by atoms with Crippen LogP contribution in [0.15, 0.2) is 44.9 Å². The Bertz CT molecular complexity index is 883. The maximum atomic E-state index is 12.9. The average Bonchev–Trinajstić information content (AvgIpc) is 3.12. The first-order valence-electron chi connectivity index (χ1n) is 9.42. The molecule has 1 saturated carbocycles. The Balaban J connectivity index is 1.67. The highest BCUT2D eigenvalue weighted by Gasteiger charge is 2.42. The number of nitrogens with one attached hydrogen (secondary N) is 1. The molecule has 0 spiro atoms. The predicted molar refractivity (Wildman–Crippen MR) is 112 cm³/mol. The summed E-state index contributed by atoms with van der Waals surface area (Å²) in [6.07, 6.45) is 2.17. The first kappa shape index (κ1) is 19.3. The smallest absolute Gasteiger partial charge is 0.338 e. The Morgan fingerprint density at radius 3 is 2.82 bits per heavy atom. The number of amidine groups is 1. The minimum Gasteiger partial charge on any atom is -0.459 e. The maximum Gasteiger partial charge on any atom is 0.338 e. The van der Waals surface area contributed by atoms with Gasteiger partial charge in [0, 0.05) is 16.6 Å². The molecule has 2 aliphatic heterocycles.